The van der Waals surface area contributed by atoms with Gasteiger partial charge in [-0.2, -0.15) is 0 Å². The number of nitrogens with zero attached hydrogens (tertiary/aromatic N) is 4. The summed E-state index contributed by atoms with van der Waals surface area (Å²) in [5.41, 5.74) is 1.38. The van der Waals surface area contributed by atoms with Crippen molar-refractivity contribution >= 4 is 35.0 Å². The van der Waals surface area contributed by atoms with E-state index in [1.54, 1.807) is 24.6 Å². The molecule has 3 aromatic heterocycles. The van der Waals surface area contributed by atoms with E-state index < -0.39 is 0 Å². The molecule has 1 atom stereocenters. The van der Waals surface area contributed by atoms with Crippen molar-refractivity contribution in [3.63, 3.8) is 0 Å². The van der Waals surface area contributed by atoms with Crippen molar-refractivity contribution in [3.8, 4) is 11.4 Å². The van der Waals surface area contributed by atoms with Gasteiger partial charge in [-0.25, -0.2) is 4.98 Å². The van der Waals surface area contributed by atoms with E-state index in [0.717, 1.165) is 17.1 Å². The number of rotatable bonds is 6. The van der Waals surface area contributed by atoms with Crippen LogP contribution in [-0.2, 0) is 11.3 Å². The molecule has 0 aliphatic rings. The van der Waals surface area contributed by atoms with Crippen LogP contribution in [0, 0.1) is 6.92 Å². The molecule has 3 rings (SSSR count). The molecule has 0 aliphatic heterocycles. The Morgan fingerprint density at radius 3 is 2.88 bits per heavy atom. The number of furan rings is 1. The molecule has 0 fully saturated rings. The van der Waals surface area contributed by atoms with Crippen LogP contribution in [0.4, 0.5) is 5.69 Å². The monoisotopic (exact) mass is 391 g/mol. The third kappa shape index (κ3) is 3.76. The highest BCUT2D eigenvalue weighted by Crippen LogP contribution is 2.29. The molecule has 3 aromatic rings. The van der Waals surface area contributed by atoms with E-state index in [9.17, 15) is 4.79 Å². The third-order valence-corrected chi connectivity index (χ3v) is 5.18. The lowest BCUT2D eigenvalue weighted by molar-refractivity contribution is -0.115. The van der Waals surface area contributed by atoms with E-state index in [4.69, 9.17) is 16.0 Å². The summed E-state index contributed by atoms with van der Waals surface area (Å²) in [6, 6.07) is 5.28. The number of hydrogen-bond acceptors (Lipinski definition) is 6. The molecule has 3 heterocycles. The number of pyridine rings is 1. The average molecular weight is 392 g/mol. The molecule has 136 valence electrons. The average Bonchev–Trinajstić information content (AvgIpc) is 3.22. The highest BCUT2D eigenvalue weighted by atomic mass is 35.5. The summed E-state index contributed by atoms with van der Waals surface area (Å²) in [6.07, 6.45) is 3.19. The van der Waals surface area contributed by atoms with Crippen molar-refractivity contribution in [2.45, 2.75) is 37.7 Å². The van der Waals surface area contributed by atoms with Crippen LogP contribution in [0.5, 0.6) is 0 Å². The van der Waals surface area contributed by atoms with Crippen molar-refractivity contribution in [1.82, 2.24) is 19.7 Å². The predicted octanol–water partition coefficient (Wildman–Crippen LogP) is 4.03. The molecule has 0 radical (unpaired) electrons. The number of anilines is 1. The van der Waals surface area contributed by atoms with E-state index in [0.29, 0.717) is 17.4 Å². The van der Waals surface area contributed by atoms with Crippen molar-refractivity contribution in [1.29, 1.82) is 0 Å². The Bertz CT molecular complexity index is 924. The Morgan fingerprint density at radius 2 is 2.23 bits per heavy atom. The first kappa shape index (κ1) is 18.5. The van der Waals surface area contributed by atoms with Crippen molar-refractivity contribution < 1.29 is 9.21 Å². The van der Waals surface area contributed by atoms with Crippen LogP contribution < -0.4 is 5.32 Å². The van der Waals surface area contributed by atoms with Crippen LogP contribution in [0.3, 0.4) is 0 Å². The van der Waals surface area contributed by atoms with E-state index >= 15 is 0 Å². The Kier molecular flexibility index (Phi) is 5.63. The fraction of sp³-hybridized carbons (Fsp3) is 0.294. The van der Waals surface area contributed by atoms with Gasteiger partial charge in [0.15, 0.2) is 16.1 Å². The molecule has 0 saturated carbocycles. The summed E-state index contributed by atoms with van der Waals surface area (Å²) < 4.78 is 7.32. The summed E-state index contributed by atoms with van der Waals surface area (Å²) in [6.45, 7) is 6.37. The largest absolute Gasteiger partial charge is 0.469 e. The smallest absolute Gasteiger partial charge is 0.237 e. The minimum atomic E-state index is -0.390. The maximum Gasteiger partial charge on any atom is 0.237 e. The fourth-order valence-electron chi connectivity index (χ4n) is 2.40. The van der Waals surface area contributed by atoms with Gasteiger partial charge in [-0.15, -0.1) is 10.2 Å². The molecular weight excluding hydrogens is 374 g/mol. The van der Waals surface area contributed by atoms with Crippen LogP contribution >= 0.6 is 23.4 Å². The SMILES string of the molecule is CCn1c(S[C@H](C)C(=O)Nc2cccnc2Cl)nnc1-c1ccoc1C. The molecule has 1 amide bonds. The van der Waals surface area contributed by atoms with Gasteiger partial charge >= 0.3 is 0 Å². The molecule has 0 spiro atoms. The molecule has 1 N–H and O–H groups in total. The first-order valence-corrected chi connectivity index (χ1v) is 9.32. The number of aryl methyl sites for hydroxylation is 1. The molecule has 0 aliphatic carbocycles. The van der Waals surface area contributed by atoms with E-state index in [1.165, 1.54) is 11.8 Å². The Balaban J connectivity index is 1.76. The van der Waals surface area contributed by atoms with Crippen LogP contribution in [0.2, 0.25) is 5.15 Å². The quantitative estimate of drug-likeness (QED) is 0.504. The molecule has 0 bridgehead atoms. The lowest BCUT2D eigenvalue weighted by atomic mass is 10.2. The number of carbonyl (C=O) groups is 1. The number of hydrogen-bond donors (Lipinski definition) is 1. The van der Waals surface area contributed by atoms with Gasteiger partial charge in [-0.1, -0.05) is 23.4 Å². The Labute approximate surface area is 160 Å². The van der Waals surface area contributed by atoms with Gasteiger partial charge in [-0.05, 0) is 39.0 Å². The maximum absolute atomic E-state index is 12.5. The zero-order valence-electron chi connectivity index (χ0n) is 14.6. The van der Waals surface area contributed by atoms with Gasteiger partial charge in [0.05, 0.1) is 22.8 Å². The second-order valence-electron chi connectivity index (χ2n) is 5.53. The maximum atomic E-state index is 12.5. The van der Waals surface area contributed by atoms with Crippen LogP contribution in [0.15, 0.2) is 40.2 Å². The zero-order chi connectivity index (χ0) is 18.7. The van der Waals surface area contributed by atoms with Crippen LogP contribution in [-0.4, -0.2) is 30.9 Å². The van der Waals surface area contributed by atoms with Crippen molar-refractivity contribution in [3.05, 3.63) is 41.6 Å². The number of thioether (sulfide) groups is 1. The molecule has 26 heavy (non-hydrogen) atoms. The molecular formula is C17H18ClN5O2S. The van der Waals surface area contributed by atoms with Gasteiger partial charge in [0, 0.05) is 12.7 Å². The van der Waals surface area contributed by atoms with E-state index in [1.807, 2.05) is 31.4 Å². The summed E-state index contributed by atoms with van der Waals surface area (Å²) in [5, 5.41) is 11.8. The number of carbonyl (C=O) groups excluding carboxylic acids is 1. The molecule has 0 unspecified atom stereocenters. The Morgan fingerprint density at radius 1 is 1.42 bits per heavy atom. The van der Waals surface area contributed by atoms with Gasteiger partial charge in [0.25, 0.3) is 0 Å². The number of halogens is 1. The minimum absolute atomic E-state index is 0.184. The lowest BCUT2D eigenvalue weighted by Gasteiger charge is -2.13. The first-order chi connectivity index (χ1) is 12.5. The standard InChI is InChI=1S/C17H18ClN5O2S/c1-4-23-15(12-7-9-25-10(12)2)21-22-17(23)26-11(3)16(24)20-13-6-5-8-19-14(13)18/h5-9,11H,4H2,1-3H3,(H,20,24)/t11-/m1/s1. The summed E-state index contributed by atoms with van der Waals surface area (Å²) >= 11 is 7.32. The highest BCUT2D eigenvalue weighted by molar-refractivity contribution is 8.00. The van der Waals surface area contributed by atoms with Gasteiger partial charge in [-0.3, -0.25) is 4.79 Å². The minimum Gasteiger partial charge on any atom is -0.469 e. The predicted molar refractivity (Wildman–Crippen MR) is 101 cm³/mol. The number of aromatic nitrogens is 4. The third-order valence-electron chi connectivity index (χ3n) is 3.80. The van der Waals surface area contributed by atoms with E-state index in [2.05, 4.69) is 20.5 Å². The van der Waals surface area contributed by atoms with Crippen LogP contribution in [0.1, 0.15) is 19.6 Å². The number of nitrogens with one attached hydrogen (secondary N) is 1. The van der Waals surface area contributed by atoms with Crippen molar-refractivity contribution in [2.75, 3.05) is 5.32 Å². The fourth-order valence-corrected chi connectivity index (χ4v) is 3.48. The summed E-state index contributed by atoms with van der Waals surface area (Å²) in [5.74, 6) is 1.32. The summed E-state index contributed by atoms with van der Waals surface area (Å²) in [7, 11) is 0. The van der Waals surface area contributed by atoms with Crippen molar-refractivity contribution in [2.24, 2.45) is 0 Å². The molecule has 7 nitrogen and oxygen atoms in total. The van der Waals surface area contributed by atoms with E-state index in [-0.39, 0.29) is 16.3 Å². The lowest BCUT2D eigenvalue weighted by Crippen LogP contribution is -2.23. The number of amides is 1. The first-order valence-electron chi connectivity index (χ1n) is 8.07. The normalized spacial score (nSPS) is 12.2. The van der Waals surface area contributed by atoms with Gasteiger partial charge in [0.2, 0.25) is 5.91 Å². The van der Waals surface area contributed by atoms with Gasteiger partial charge < -0.3 is 14.3 Å². The van der Waals surface area contributed by atoms with Crippen LogP contribution in [0.25, 0.3) is 11.4 Å². The second kappa shape index (κ2) is 7.92. The summed E-state index contributed by atoms with van der Waals surface area (Å²) in [4.78, 5) is 16.4. The highest BCUT2D eigenvalue weighted by Gasteiger charge is 2.22. The molecule has 0 aromatic carbocycles. The Hall–Kier alpha value is -2.32. The molecule has 0 saturated heterocycles. The van der Waals surface area contributed by atoms with Gasteiger partial charge in [0.1, 0.15) is 5.76 Å². The second-order valence-corrected chi connectivity index (χ2v) is 7.20. The zero-order valence-corrected chi connectivity index (χ0v) is 16.1. The molecule has 9 heteroatoms. The topological polar surface area (TPSA) is 85.8 Å².